The number of carbonyl (C=O) groups excluding carboxylic acids is 2. The molecule has 2 N–H and O–H groups in total. The number of aliphatic carboxylic acids is 1. The van der Waals surface area contributed by atoms with Gasteiger partial charge in [0, 0.05) is 24.5 Å². The molecular weight excluding hydrogens is 296 g/mol. The molecule has 23 heavy (non-hydrogen) atoms. The zero-order valence-electron chi connectivity index (χ0n) is 14.1. The summed E-state index contributed by atoms with van der Waals surface area (Å²) in [6.07, 6.45) is 4.64. The largest absolute Gasteiger partial charge is 0.481 e. The number of amides is 2. The van der Waals surface area contributed by atoms with Crippen LogP contribution in [0.15, 0.2) is 0 Å². The average molecular weight is 324 g/mol. The second-order valence-corrected chi connectivity index (χ2v) is 6.94. The molecule has 1 saturated carbocycles. The van der Waals surface area contributed by atoms with Gasteiger partial charge in [0.15, 0.2) is 0 Å². The SMILES string of the molecule is CCC(CC)(CC(=O)O)NC(=O)C1CCCN(C(=O)C2CC2)C1. The van der Waals surface area contributed by atoms with Crippen molar-refractivity contribution in [1.29, 1.82) is 0 Å². The van der Waals surface area contributed by atoms with Gasteiger partial charge in [-0.05, 0) is 38.5 Å². The Kier molecular flexibility index (Phi) is 5.65. The summed E-state index contributed by atoms with van der Waals surface area (Å²) in [4.78, 5) is 37.7. The number of rotatable bonds is 7. The molecule has 2 rings (SSSR count). The highest BCUT2D eigenvalue weighted by Crippen LogP contribution is 2.32. The molecule has 1 saturated heterocycles. The van der Waals surface area contributed by atoms with Gasteiger partial charge in [-0.15, -0.1) is 0 Å². The minimum atomic E-state index is -0.900. The van der Waals surface area contributed by atoms with Gasteiger partial charge in [0.05, 0.1) is 12.3 Å². The molecule has 1 atom stereocenters. The van der Waals surface area contributed by atoms with Gasteiger partial charge in [-0.2, -0.15) is 0 Å². The number of hydrogen-bond acceptors (Lipinski definition) is 3. The molecular formula is C17H28N2O4. The fraction of sp³-hybridized carbons (Fsp3) is 0.824. The van der Waals surface area contributed by atoms with Crippen LogP contribution in [0.2, 0.25) is 0 Å². The molecule has 0 aromatic heterocycles. The molecule has 6 heteroatoms. The van der Waals surface area contributed by atoms with Crippen LogP contribution in [-0.2, 0) is 14.4 Å². The molecule has 0 aromatic carbocycles. The topological polar surface area (TPSA) is 86.7 Å². The van der Waals surface area contributed by atoms with Gasteiger partial charge in [-0.1, -0.05) is 13.8 Å². The highest BCUT2D eigenvalue weighted by Gasteiger charge is 2.38. The van der Waals surface area contributed by atoms with Crippen LogP contribution in [0.1, 0.15) is 58.8 Å². The monoisotopic (exact) mass is 324 g/mol. The van der Waals surface area contributed by atoms with Crippen LogP contribution < -0.4 is 5.32 Å². The predicted octanol–water partition coefficient (Wildman–Crippen LogP) is 1.78. The van der Waals surface area contributed by atoms with Gasteiger partial charge in [0.2, 0.25) is 11.8 Å². The average Bonchev–Trinajstić information content (AvgIpc) is 3.38. The van der Waals surface area contributed by atoms with Crippen LogP contribution in [0, 0.1) is 11.8 Å². The molecule has 2 fully saturated rings. The first-order valence-corrected chi connectivity index (χ1v) is 8.73. The molecule has 2 amide bonds. The third kappa shape index (κ3) is 4.45. The van der Waals surface area contributed by atoms with E-state index in [4.69, 9.17) is 5.11 Å². The van der Waals surface area contributed by atoms with Crippen LogP contribution >= 0.6 is 0 Å². The minimum absolute atomic E-state index is 0.0663. The molecule has 1 unspecified atom stereocenters. The van der Waals surface area contributed by atoms with E-state index in [1.54, 1.807) is 0 Å². The van der Waals surface area contributed by atoms with E-state index >= 15 is 0 Å². The molecule has 0 radical (unpaired) electrons. The van der Waals surface area contributed by atoms with E-state index in [0.29, 0.717) is 19.4 Å². The summed E-state index contributed by atoms with van der Waals surface area (Å²) < 4.78 is 0. The van der Waals surface area contributed by atoms with Crippen molar-refractivity contribution in [1.82, 2.24) is 10.2 Å². The van der Waals surface area contributed by atoms with Crippen LogP contribution in [-0.4, -0.2) is 46.4 Å². The number of piperidine rings is 1. The van der Waals surface area contributed by atoms with Gasteiger partial charge in [-0.3, -0.25) is 14.4 Å². The van der Waals surface area contributed by atoms with E-state index in [9.17, 15) is 14.4 Å². The number of carboxylic acid groups (broad SMARTS) is 1. The van der Waals surface area contributed by atoms with Crippen molar-refractivity contribution < 1.29 is 19.5 Å². The molecule has 2 aliphatic rings. The lowest BCUT2D eigenvalue weighted by Gasteiger charge is -2.36. The van der Waals surface area contributed by atoms with E-state index in [-0.39, 0.29) is 30.1 Å². The standard InChI is InChI=1S/C17H28N2O4/c1-3-17(4-2,10-14(20)21)18-15(22)13-6-5-9-19(11-13)16(23)12-7-8-12/h12-13H,3-11H2,1-2H3,(H,18,22)(H,20,21). The Morgan fingerprint density at radius 1 is 1.13 bits per heavy atom. The fourth-order valence-corrected chi connectivity index (χ4v) is 3.35. The molecule has 1 aliphatic carbocycles. The van der Waals surface area contributed by atoms with Gasteiger partial charge in [0.25, 0.3) is 0 Å². The summed E-state index contributed by atoms with van der Waals surface area (Å²) in [7, 11) is 0. The Morgan fingerprint density at radius 3 is 2.30 bits per heavy atom. The minimum Gasteiger partial charge on any atom is -0.481 e. The molecule has 0 bridgehead atoms. The number of carbonyl (C=O) groups is 3. The Bertz CT molecular complexity index is 469. The Balaban J connectivity index is 1.97. The smallest absolute Gasteiger partial charge is 0.305 e. The first-order valence-electron chi connectivity index (χ1n) is 8.73. The highest BCUT2D eigenvalue weighted by molar-refractivity contribution is 5.84. The van der Waals surface area contributed by atoms with E-state index in [2.05, 4.69) is 5.32 Å². The second kappa shape index (κ2) is 7.32. The van der Waals surface area contributed by atoms with Gasteiger partial charge >= 0.3 is 5.97 Å². The third-order valence-electron chi connectivity index (χ3n) is 5.26. The lowest BCUT2D eigenvalue weighted by Crippen LogP contribution is -2.54. The number of nitrogens with zero attached hydrogens (tertiary/aromatic N) is 1. The summed E-state index contributed by atoms with van der Waals surface area (Å²) >= 11 is 0. The predicted molar refractivity (Wildman–Crippen MR) is 85.7 cm³/mol. The van der Waals surface area contributed by atoms with Crippen molar-refractivity contribution in [2.75, 3.05) is 13.1 Å². The number of carboxylic acids is 1. The zero-order valence-corrected chi connectivity index (χ0v) is 14.1. The lowest BCUT2D eigenvalue weighted by molar-refractivity contribution is -0.140. The molecule has 0 aromatic rings. The summed E-state index contributed by atoms with van der Waals surface area (Å²) in [6, 6.07) is 0. The van der Waals surface area contributed by atoms with E-state index in [1.165, 1.54) is 0 Å². The maximum absolute atomic E-state index is 12.6. The van der Waals surface area contributed by atoms with E-state index in [1.807, 2.05) is 18.7 Å². The summed E-state index contributed by atoms with van der Waals surface area (Å²) in [5.41, 5.74) is -0.689. The summed E-state index contributed by atoms with van der Waals surface area (Å²) in [5, 5.41) is 12.1. The van der Waals surface area contributed by atoms with Crippen LogP contribution in [0.4, 0.5) is 0 Å². The maximum atomic E-state index is 12.6. The highest BCUT2D eigenvalue weighted by atomic mass is 16.4. The zero-order chi connectivity index (χ0) is 17.0. The van der Waals surface area contributed by atoms with Crippen LogP contribution in [0.25, 0.3) is 0 Å². The quantitative estimate of drug-likeness (QED) is 0.747. The van der Waals surface area contributed by atoms with E-state index < -0.39 is 11.5 Å². The third-order valence-corrected chi connectivity index (χ3v) is 5.26. The first kappa shape index (κ1) is 17.8. The van der Waals surface area contributed by atoms with Crippen molar-refractivity contribution in [2.24, 2.45) is 11.8 Å². The van der Waals surface area contributed by atoms with Crippen molar-refractivity contribution in [3.05, 3.63) is 0 Å². The number of nitrogens with one attached hydrogen (secondary N) is 1. The summed E-state index contributed by atoms with van der Waals surface area (Å²) in [5.74, 6) is -0.872. The Labute approximate surface area is 137 Å². The van der Waals surface area contributed by atoms with Crippen LogP contribution in [0.5, 0.6) is 0 Å². The lowest BCUT2D eigenvalue weighted by atomic mass is 9.87. The molecule has 1 aliphatic heterocycles. The second-order valence-electron chi connectivity index (χ2n) is 6.94. The Hall–Kier alpha value is -1.59. The van der Waals surface area contributed by atoms with Gasteiger partial charge in [0.1, 0.15) is 0 Å². The van der Waals surface area contributed by atoms with Gasteiger partial charge in [-0.25, -0.2) is 0 Å². The number of likely N-dealkylation sites (tertiary alicyclic amines) is 1. The maximum Gasteiger partial charge on any atom is 0.305 e. The van der Waals surface area contributed by atoms with Crippen molar-refractivity contribution in [3.8, 4) is 0 Å². The molecule has 130 valence electrons. The fourth-order valence-electron chi connectivity index (χ4n) is 3.35. The van der Waals surface area contributed by atoms with Crippen LogP contribution in [0.3, 0.4) is 0 Å². The van der Waals surface area contributed by atoms with E-state index in [0.717, 1.165) is 32.2 Å². The molecule has 6 nitrogen and oxygen atoms in total. The van der Waals surface area contributed by atoms with Crippen molar-refractivity contribution >= 4 is 17.8 Å². The first-order chi connectivity index (χ1) is 10.9. The number of hydrogen-bond donors (Lipinski definition) is 2. The molecule has 1 heterocycles. The Morgan fingerprint density at radius 2 is 1.78 bits per heavy atom. The van der Waals surface area contributed by atoms with Crippen molar-refractivity contribution in [2.45, 2.75) is 64.3 Å². The normalized spacial score (nSPS) is 21.8. The van der Waals surface area contributed by atoms with Crippen molar-refractivity contribution in [3.63, 3.8) is 0 Å². The summed E-state index contributed by atoms with van der Waals surface area (Å²) in [6.45, 7) is 5.01. The molecule has 0 spiro atoms. The van der Waals surface area contributed by atoms with Gasteiger partial charge < -0.3 is 15.3 Å².